The Morgan fingerprint density at radius 1 is 1.10 bits per heavy atom. The van der Waals surface area contributed by atoms with Gasteiger partial charge in [0.05, 0.1) is 5.69 Å². The van der Waals surface area contributed by atoms with Gasteiger partial charge in [-0.15, -0.1) is 21.5 Å². The number of carbonyl (C=O) groups excluding carboxylic acids is 2. The highest BCUT2D eigenvalue weighted by Gasteiger charge is 2.17. The Bertz CT molecular complexity index is 1030. The molecule has 0 saturated carbocycles. The van der Waals surface area contributed by atoms with Crippen LogP contribution in [0.1, 0.15) is 28.9 Å². The molecule has 9 heteroatoms. The second kappa shape index (κ2) is 9.00. The fourth-order valence-electron chi connectivity index (χ4n) is 3.10. The lowest BCUT2D eigenvalue weighted by molar-refractivity contribution is -0.119. The van der Waals surface area contributed by atoms with Crippen LogP contribution in [0.2, 0.25) is 0 Å². The van der Waals surface area contributed by atoms with E-state index in [1.54, 1.807) is 12.1 Å². The first-order valence-electron chi connectivity index (χ1n) is 9.67. The summed E-state index contributed by atoms with van der Waals surface area (Å²) in [6.45, 7) is 3.49. The van der Waals surface area contributed by atoms with Gasteiger partial charge < -0.3 is 9.64 Å². The van der Waals surface area contributed by atoms with E-state index in [1.165, 1.54) is 16.9 Å². The Balaban J connectivity index is 1.28. The largest absolute Gasteiger partial charge is 0.451 e. The SMILES string of the molecule is Cc1ccc(-c2csc(NC(=O)COC(=O)c3ccc(N4CCCC4)nn3)n2)cc1. The van der Waals surface area contributed by atoms with Gasteiger partial charge in [0.1, 0.15) is 0 Å². The molecule has 0 bridgehead atoms. The number of nitrogens with zero attached hydrogens (tertiary/aromatic N) is 4. The molecule has 0 spiro atoms. The van der Waals surface area contributed by atoms with Gasteiger partial charge in [-0.3, -0.25) is 10.1 Å². The summed E-state index contributed by atoms with van der Waals surface area (Å²) in [7, 11) is 0. The van der Waals surface area contributed by atoms with Gasteiger partial charge in [-0.05, 0) is 31.9 Å². The topological polar surface area (TPSA) is 97.3 Å². The summed E-state index contributed by atoms with van der Waals surface area (Å²) in [5, 5.41) is 13.0. The highest BCUT2D eigenvalue weighted by molar-refractivity contribution is 7.14. The quantitative estimate of drug-likeness (QED) is 0.608. The molecular formula is C21H21N5O3S. The van der Waals surface area contributed by atoms with Gasteiger partial charge in [-0.1, -0.05) is 29.8 Å². The van der Waals surface area contributed by atoms with Crippen LogP contribution in [0.3, 0.4) is 0 Å². The molecule has 154 valence electrons. The van der Waals surface area contributed by atoms with Crippen LogP contribution in [-0.4, -0.2) is 46.8 Å². The zero-order chi connectivity index (χ0) is 20.9. The Labute approximate surface area is 177 Å². The molecule has 1 saturated heterocycles. The van der Waals surface area contributed by atoms with E-state index in [0.29, 0.717) is 5.13 Å². The van der Waals surface area contributed by atoms with Crippen LogP contribution in [0.4, 0.5) is 10.9 Å². The molecule has 0 unspecified atom stereocenters. The maximum Gasteiger partial charge on any atom is 0.359 e. The van der Waals surface area contributed by atoms with E-state index in [-0.39, 0.29) is 5.69 Å². The Morgan fingerprint density at radius 3 is 2.57 bits per heavy atom. The smallest absolute Gasteiger partial charge is 0.359 e. The van der Waals surface area contributed by atoms with Crippen molar-refractivity contribution in [3.63, 3.8) is 0 Å². The Hall–Kier alpha value is -3.33. The third kappa shape index (κ3) is 4.80. The number of hydrogen-bond acceptors (Lipinski definition) is 8. The predicted molar refractivity (Wildman–Crippen MR) is 115 cm³/mol. The van der Waals surface area contributed by atoms with Crippen LogP contribution >= 0.6 is 11.3 Å². The molecule has 0 radical (unpaired) electrons. The summed E-state index contributed by atoms with van der Waals surface area (Å²) in [6.07, 6.45) is 2.26. The maximum atomic E-state index is 12.1. The molecule has 2 aromatic heterocycles. The summed E-state index contributed by atoms with van der Waals surface area (Å²) in [6, 6.07) is 11.3. The monoisotopic (exact) mass is 423 g/mol. The summed E-state index contributed by atoms with van der Waals surface area (Å²) in [5.74, 6) is -0.408. The average Bonchev–Trinajstić information content (AvgIpc) is 3.45. The van der Waals surface area contributed by atoms with Crippen molar-refractivity contribution in [3.05, 3.63) is 53.0 Å². The van der Waals surface area contributed by atoms with E-state index < -0.39 is 18.5 Å². The molecule has 1 aliphatic heterocycles. The molecule has 3 heterocycles. The maximum absolute atomic E-state index is 12.1. The number of esters is 1. The summed E-state index contributed by atoms with van der Waals surface area (Å²) < 4.78 is 5.04. The van der Waals surface area contributed by atoms with E-state index in [2.05, 4.69) is 25.4 Å². The summed E-state index contributed by atoms with van der Waals surface area (Å²) in [4.78, 5) is 30.7. The third-order valence-corrected chi connectivity index (χ3v) is 5.48. The fourth-order valence-corrected chi connectivity index (χ4v) is 3.83. The highest BCUT2D eigenvalue weighted by Crippen LogP contribution is 2.25. The minimum Gasteiger partial charge on any atom is -0.451 e. The van der Waals surface area contributed by atoms with Crippen LogP contribution in [0, 0.1) is 6.92 Å². The number of aromatic nitrogens is 3. The molecule has 1 N–H and O–H groups in total. The van der Waals surface area contributed by atoms with Crippen molar-refractivity contribution < 1.29 is 14.3 Å². The van der Waals surface area contributed by atoms with E-state index in [9.17, 15) is 9.59 Å². The molecule has 4 rings (SSSR count). The number of anilines is 2. The summed E-state index contributed by atoms with van der Waals surface area (Å²) >= 11 is 1.31. The number of nitrogens with one attached hydrogen (secondary N) is 1. The van der Waals surface area contributed by atoms with E-state index >= 15 is 0 Å². The molecule has 3 aromatic rings. The standard InChI is InChI=1S/C21H21N5O3S/c1-14-4-6-15(7-5-14)17-13-30-21(22-17)23-19(27)12-29-20(28)16-8-9-18(25-24-16)26-10-2-3-11-26/h4-9,13H,2-3,10-12H2,1H3,(H,22,23,27). The normalized spacial score (nSPS) is 13.3. The first-order valence-corrected chi connectivity index (χ1v) is 10.5. The lowest BCUT2D eigenvalue weighted by Crippen LogP contribution is -2.22. The minimum absolute atomic E-state index is 0.0710. The second-order valence-electron chi connectivity index (χ2n) is 7.00. The Kier molecular flexibility index (Phi) is 5.99. The molecule has 1 fully saturated rings. The molecule has 1 aliphatic rings. The van der Waals surface area contributed by atoms with E-state index in [1.807, 2.05) is 36.6 Å². The number of aryl methyl sites for hydroxylation is 1. The van der Waals surface area contributed by atoms with Crippen molar-refractivity contribution in [1.29, 1.82) is 0 Å². The molecular weight excluding hydrogens is 402 g/mol. The number of carbonyl (C=O) groups is 2. The van der Waals surface area contributed by atoms with Crippen molar-refractivity contribution in [2.45, 2.75) is 19.8 Å². The minimum atomic E-state index is -0.690. The summed E-state index contributed by atoms with van der Waals surface area (Å²) in [5.41, 5.74) is 2.99. The molecule has 0 aliphatic carbocycles. The van der Waals surface area contributed by atoms with Crippen LogP contribution < -0.4 is 10.2 Å². The number of amides is 1. The van der Waals surface area contributed by atoms with Crippen LogP contribution in [0.15, 0.2) is 41.8 Å². The van der Waals surface area contributed by atoms with Gasteiger partial charge in [0.15, 0.2) is 23.3 Å². The highest BCUT2D eigenvalue weighted by atomic mass is 32.1. The molecule has 8 nitrogen and oxygen atoms in total. The van der Waals surface area contributed by atoms with Crippen LogP contribution in [0.25, 0.3) is 11.3 Å². The van der Waals surface area contributed by atoms with Gasteiger partial charge in [0.25, 0.3) is 5.91 Å². The number of ether oxygens (including phenoxy) is 1. The molecule has 0 atom stereocenters. The molecule has 1 aromatic carbocycles. The van der Waals surface area contributed by atoms with Crippen molar-refractivity contribution >= 4 is 34.2 Å². The number of rotatable bonds is 6. The van der Waals surface area contributed by atoms with Crippen LogP contribution in [-0.2, 0) is 9.53 Å². The van der Waals surface area contributed by atoms with E-state index in [4.69, 9.17) is 4.74 Å². The molecule has 30 heavy (non-hydrogen) atoms. The second-order valence-corrected chi connectivity index (χ2v) is 7.86. The predicted octanol–water partition coefficient (Wildman–Crippen LogP) is 3.30. The van der Waals surface area contributed by atoms with Gasteiger partial charge in [0.2, 0.25) is 0 Å². The number of hydrogen-bond donors (Lipinski definition) is 1. The van der Waals surface area contributed by atoms with Gasteiger partial charge in [-0.25, -0.2) is 9.78 Å². The lowest BCUT2D eigenvalue weighted by Gasteiger charge is -2.14. The van der Waals surface area contributed by atoms with Gasteiger partial charge in [0, 0.05) is 24.0 Å². The fraction of sp³-hybridized carbons (Fsp3) is 0.286. The number of benzene rings is 1. The average molecular weight is 423 g/mol. The van der Waals surface area contributed by atoms with E-state index in [0.717, 1.165) is 43.0 Å². The van der Waals surface area contributed by atoms with Crippen molar-refractivity contribution in [3.8, 4) is 11.3 Å². The van der Waals surface area contributed by atoms with Gasteiger partial charge >= 0.3 is 5.97 Å². The van der Waals surface area contributed by atoms with Crippen LogP contribution in [0.5, 0.6) is 0 Å². The molecule has 1 amide bonds. The Morgan fingerprint density at radius 2 is 1.87 bits per heavy atom. The zero-order valence-electron chi connectivity index (χ0n) is 16.5. The van der Waals surface area contributed by atoms with Crippen molar-refractivity contribution in [2.75, 3.05) is 29.9 Å². The van der Waals surface area contributed by atoms with Crippen molar-refractivity contribution in [1.82, 2.24) is 15.2 Å². The van der Waals surface area contributed by atoms with Crippen molar-refractivity contribution in [2.24, 2.45) is 0 Å². The first kappa shape index (κ1) is 20.0. The first-order chi connectivity index (χ1) is 14.6. The number of thiazole rings is 1. The third-order valence-electron chi connectivity index (χ3n) is 4.72. The lowest BCUT2D eigenvalue weighted by atomic mass is 10.1. The van der Waals surface area contributed by atoms with Gasteiger partial charge in [-0.2, -0.15) is 0 Å². The zero-order valence-corrected chi connectivity index (χ0v) is 17.3.